The van der Waals surface area contributed by atoms with Crippen LogP contribution >= 0.6 is 69.6 Å². The number of aromatic carboxylic acids is 1. The Bertz CT molecular complexity index is 8330. The van der Waals surface area contributed by atoms with Crippen LogP contribution in [-0.4, -0.2) is 170 Å². The Morgan fingerprint density at radius 3 is 0.987 bits per heavy atom. The normalized spacial score (nSPS) is 13.6. The summed E-state index contributed by atoms with van der Waals surface area (Å²) in [6.45, 7) is 5.73. The van der Waals surface area contributed by atoms with Crippen molar-refractivity contribution in [1.82, 2.24) is 135 Å². The van der Waals surface area contributed by atoms with Crippen molar-refractivity contribution in [3.63, 3.8) is 0 Å². The molecule has 44 heteroatoms. The summed E-state index contributed by atoms with van der Waals surface area (Å²) in [4.78, 5) is 134. The number of aromatic amines is 6. The van der Waals surface area contributed by atoms with Gasteiger partial charge in [0, 0.05) is 114 Å². The van der Waals surface area contributed by atoms with Gasteiger partial charge in [0.1, 0.15) is 122 Å². The summed E-state index contributed by atoms with van der Waals surface area (Å²) in [6.07, 6.45) is 43.5. The number of carboxylic acids is 1. The van der Waals surface area contributed by atoms with Crippen molar-refractivity contribution in [2.75, 3.05) is 31.9 Å². The lowest BCUT2D eigenvalue weighted by Crippen LogP contribution is -2.22. The van der Waals surface area contributed by atoms with Gasteiger partial charge < -0.3 is 66.9 Å². The molecule has 3 aliphatic rings. The standard InChI is InChI=1S/C19H14ClFN6O2.C19H16ClFN6.C18H20ClN5.C17H11ClN6O.C17H18ClN5.C16H16ClN5/c1-9(10-2-4-11(21)5-3-10)25-17-13(19(28)29)7-22-16(27-17)12-6-23-18-15(12)26-14(20)8-24-18;1-10-7-22-18(14-8-23-19-16(14)26-15(20)9-24-19)27-17(10)25-11(2)12-3-5-13(21)6-4-12;19-15-11-21-18-17(24-15)13(10-20-18)14-8-5-9-16(23-14)22-12-6-3-1-2-4-7-12;18-13-9-21-16-15(23-13)10(8-20-16)11-5-3-6-14(22-11)24-17(25)12-4-1-2-7-19-12;18-14-10-20-17-16(23-14)12(9-19-17)13-7-4-8-15(22-13)21-11-5-2-1-3-6-11;17-13-9-19-16-15(22-13)11(8-18-16)12-6-3-7-14(21-12)20-10-4-1-2-5-10/h2-9H,1H3,(H,23,24)(H,28,29)(H,22,25,27);3-9,11H,1-2H3,(H,23,24)(H,22,25,27);5,8-12H,1-4,6-7H2,(H,20,21)(H,22,23);1-9H,(H,20,21)(H,22,24,25);4,7-11H,1-3,5-6H2,(H,19,20)(H,21,22);3,6-10H,1-2,4-5H2,(H,18,19)(H,20,21)/t9-;11-;;;;/m00..../s1. The number of halogens is 8. The number of nitrogens with zero attached hydrogens (tertiary/aromatic N) is 21. The minimum Gasteiger partial charge on any atom is -0.477 e. The predicted molar refractivity (Wildman–Crippen MR) is 581 cm³/mol. The van der Waals surface area contributed by atoms with Crippen LogP contribution < -0.4 is 31.9 Å². The molecule has 21 aromatic rings. The van der Waals surface area contributed by atoms with E-state index in [1.54, 1.807) is 98.0 Å². The summed E-state index contributed by atoms with van der Waals surface area (Å²) in [6, 6.07) is 42.0. The molecule has 0 aliphatic heterocycles. The second-order valence-corrected chi connectivity index (χ2v) is 37.9. The first-order valence-corrected chi connectivity index (χ1v) is 50.7. The van der Waals surface area contributed by atoms with Crippen LogP contribution in [0.15, 0.2) is 232 Å². The number of H-pyrrole nitrogens is 6. The zero-order chi connectivity index (χ0) is 104. The zero-order valence-electron chi connectivity index (χ0n) is 80.6. The van der Waals surface area contributed by atoms with Gasteiger partial charge in [0.2, 0.25) is 0 Å². The number of carbonyl (C=O) groups excluding carboxylic acids is 1. The molecule has 0 spiro atoms. The second-order valence-electron chi connectivity index (χ2n) is 35.6. The Morgan fingerprint density at radius 2 is 0.640 bits per heavy atom. The van der Waals surface area contributed by atoms with Gasteiger partial charge in [-0.25, -0.2) is 113 Å². The van der Waals surface area contributed by atoms with E-state index >= 15 is 0 Å². The third-order valence-electron chi connectivity index (χ3n) is 25.1. The molecule has 19 heterocycles. The fourth-order valence-electron chi connectivity index (χ4n) is 17.6. The highest BCUT2D eigenvalue weighted by Gasteiger charge is 2.26. The minimum absolute atomic E-state index is 0.0516. The van der Waals surface area contributed by atoms with Gasteiger partial charge in [0.05, 0.1) is 71.1 Å². The molecule has 3 saturated carbocycles. The van der Waals surface area contributed by atoms with E-state index in [1.807, 2.05) is 100 Å². The second kappa shape index (κ2) is 47.6. The number of pyridine rings is 5. The van der Waals surface area contributed by atoms with Gasteiger partial charge in [-0.3, -0.25) is 9.78 Å². The van der Waals surface area contributed by atoms with Crippen LogP contribution in [-0.2, 0) is 0 Å². The van der Waals surface area contributed by atoms with Crippen molar-refractivity contribution >= 4 is 183 Å². The Morgan fingerprint density at radius 1 is 0.333 bits per heavy atom. The van der Waals surface area contributed by atoms with Crippen LogP contribution in [0.5, 0.6) is 0 Å². The summed E-state index contributed by atoms with van der Waals surface area (Å²) >= 11 is 35.8. The van der Waals surface area contributed by atoms with Crippen molar-refractivity contribution < 1.29 is 23.5 Å². The van der Waals surface area contributed by atoms with Crippen LogP contribution in [0.1, 0.15) is 160 Å². The lowest BCUT2D eigenvalue weighted by molar-refractivity contribution is 0.0696. The van der Waals surface area contributed by atoms with Gasteiger partial charge in [0.25, 0.3) is 5.91 Å². The molecule has 0 radical (unpaired) electrons. The van der Waals surface area contributed by atoms with Gasteiger partial charge in [-0.05, 0) is 155 Å². The van der Waals surface area contributed by atoms with E-state index in [0.29, 0.717) is 112 Å². The Balaban J connectivity index is 0.000000113. The van der Waals surface area contributed by atoms with Crippen LogP contribution in [0.2, 0.25) is 30.9 Å². The monoisotopic (exact) mass is 2130 g/mol. The number of amides is 1. The number of fused-ring (bicyclic) bond motifs is 6. The van der Waals surface area contributed by atoms with E-state index < -0.39 is 5.97 Å². The number of aryl methyl sites for hydroxylation is 1. The van der Waals surface area contributed by atoms with Gasteiger partial charge >= 0.3 is 5.97 Å². The lowest BCUT2D eigenvalue weighted by Gasteiger charge is -2.23. The van der Waals surface area contributed by atoms with Crippen molar-refractivity contribution in [3.8, 4) is 67.8 Å². The fourth-order valence-corrected chi connectivity index (χ4v) is 18.4. The van der Waals surface area contributed by atoms with E-state index in [0.717, 1.165) is 113 Å². The van der Waals surface area contributed by atoms with Crippen LogP contribution in [0.4, 0.5) is 43.7 Å². The molecule has 19 aromatic heterocycles. The maximum atomic E-state index is 13.2. The van der Waals surface area contributed by atoms with E-state index in [4.69, 9.17) is 84.6 Å². The van der Waals surface area contributed by atoms with E-state index in [1.165, 1.54) is 152 Å². The Labute approximate surface area is 885 Å². The molecule has 36 nitrogen and oxygen atoms in total. The molecule has 758 valence electrons. The van der Waals surface area contributed by atoms with Gasteiger partial charge in [-0.1, -0.05) is 182 Å². The lowest BCUT2D eigenvalue weighted by atomic mass is 9.95. The minimum atomic E-state index is -1.17. The summed E-state index contributed by atoms with van der Waals surface area (Å²) in [7, 11) is 0. The molecule has 13 N–H and O–H groups in total. The van der Waals surface area contributed by atoms with Crippen molar-refractivity contribution in [2.24, 2.45) is 0 Å². The number of benzene rings is 2. The summed E-state index contributed by atoms with van der Waals surface area (Å²) < 4.78 is 26.3. The fraction of sp³-hybridized carbons (Fsp3) is 0.217. The smallest absolute Gasteiger partial charge is 0.341 e. The number of hydrogen-bond donors (Lipinski definition) is 13. The Hall–Kier alpha value is -16.4. The zero-order valence-corrected chi connectivity index (χ0v) is 85.1. The number of nitrogens with one attached hydrogen (secondary N) is 12. The largest absolute Gasteiger partial charge is 0.477 e. The van der Waals surface area contributed by atoms with Gasteiger partial charge in [0.15, 0.2) is 45.5 Å². The SMILES string of the molecule is C[C@H](Nc1nc(-c2c[nH]c3ncc(Cl)nc23)ncc1C(=O)O)c1ccc(F)cc1.Cc1cnc(-c2c[nH]c3ncc(Cl)nc23)nc1N[C@@H](C)c1ccc(F)cc1.Clc1cnc2[nH]cc(-c3cccc(NC4CCCC4)n3)c2n1.Clc1cnc2[nH]cc(-c3cccc(NC4CCCCC4)n3)c2n1.Clc1cnc2[nH]cc(-c3cccc(NC4CCCCCC4)n3)c2n1.O=C(Nc1cccc(-c2c[nH]c3ncc(Cl)nc23)n1)c1ccccn1. The highest BCUT2D eigenvalue weighted by molar-refractivity contribution is 6.31. The molecule has 3 fully saturated rings. The first-order chi connectivity index (χ1) is 73.0. The number of carbonyl (C=O) groups is 2. The predicted octanol–water partition coefficient (Wildman–Crippen LogP) is 25.3. The van der Waals surface area contributed by atoms with Gasteiger partial charge in [-0.15, -0.1) is 0 Å². The summed E-state index contributed by atoms with van der Waals surface area (Å²) in [5.41, 5.74) is 18.7. The molecule has 1 amide bonds. The topological polar surface area (TPSA) is 492 Å². The van der Waals surface area contributed by atoms with Crippen LogP contribution in [0.25, 0.3) is 135 Å². The molecule has 0 bridgehead atoms. The first-order valence-electron chi connectivity index (χ1n) is 48.4. The van der Waals surface area contributed by atoms with E-state index in [-0.39, 0.29) is 52.0 Å². The molecule has 0 unspecified atom stereocenters. The quantitative estimate of drug-likeness (QED) is 0.0297. The highest BCUT2D eigenvalue weighted by atomic mass is 35.5. The molecule has 3 aliphatic carbocycles. The number of hydrogen-bond acceptors (Lipinski definition) is 28. The third kappa shape index (κ3) is 25.3. The average molecular weight is 2130 g/mol. The molecule has 2 aromatic carbocycles. The number of aromatic nitrogens is 27. The molecule has 150 heavy (non-hydrogen) atoms. The maximum Gasteiger partial charge on any atom is 0.341 e. The number of anilines is 6. The van der Waals surface area contributed by atoms with Crippen molar-refractivity contribution in [3.05, 3.63) is 303 Å². The van der Waals surface area contributed by atoms with Gasteiger partial charge in [-0.2, -0.15) is 0 Å². The van der Waals surface area contributed by atoms with Crippen molar-refractivity contribution in [1.29, 1.82) is 0 Å². The first kappa shape index (κ1) is 102. The molecular weight excluding hydrogens is 2030 g/mol. The molecule has 24 rings (SSSR count). The summed E-state index contributed by atoms with van der Waals surface area (Å²) in [5.74, 6) is 2.64. The van der Waals surface area contributed by atoms with E-state index in [9.17, 15) is 23.5 Å². The van der Waals surface area contributed by atoms with E-state index in [2.05, 4.69) is 152 Å². The number of rotatable bonds is 21. The van der Waals surface area contributed by atoms with Crippen LogP contribution in [0, 0.1) is 18.6 Å². The molecular formula is C106H95Cl6F2N33O3. The Kier molecular flexibility index (Phi) is 32.5. The van der Waals surface area contributed by atoms with Crippen LogP contribution in [0.3, 0.4) is 0 Å². The highest BCUT2D eigenvalue weighted by Crippen LogP contribution is 2.37. The third-order valence-corrected chi connectivity index (χ3v) is 26.2. The maximum absolute atomic E-state index is 13.2. The van der Waals surface area contributed by atoms with Crippen molar-refractivity contribution in [2.45, 2.75) is 147 Å². The molecule has 2 atom stereocenters. The molecule has 0 saturated heterocycles. The number of carboxylic acid groups (broad SMARTS) is 1. The summed E-state index contributed by atoms with van der Waals surface area (Å²) in [5, 5.41) is 31.3. The average Bonchev–Trinajstić information content (AvgIpc) is 1.63.